The predicted molar refractivity (Wildman–Crippen MR) is 224 cm³/mol. The highest BCUT2D eigenvalue weighted by Crippen LogP contribution is 2.37. The van der Waals surface area contributed by atoms with E-state index in [1.807, 2.05) is 24.3 Å². The van der Waals surface area contributed by atoms with Crippen LogP contribution in [0.25, 0.3) is 5.57 Å². The summed E-state index contributed by atoms with van der Waals surface area (Å²) in [7, 11) is -4.61. The van der Waals surface area contributed by atoms with Crippen molar-refractivity contribution in [1.82, 2.24) is 5.32 Å². The summed E-state index contributed by atoms with van der Waals surface area (Å²) in [6.45, 7) is 16.3. The van der Waals surface area contributed by atoms with E-state index in [0.717, 1.165) is 67.1 Å². The number of benzene rings is 4. The Morgan fingerprint density at radius 1 is 0.815 bits per heavy atom. The Labute approximate surface area is 322 Å². The molecule has 282 valence electrons. The zero-order valence-corrected chi connectivity index (χ0v) is 33.3. The molecule has 0 radical (unpaired) electrons. The summed E-state index contributed by atoms with van der Waals surface area (Å²) in [6, 6.07) is 34.6. The molecule has 0 atom stereocenters. The molecule has 1 fully saturated rings. The third-order valence-corrected chi connectivity index (χ3v) is 11.2. The standard InChI is InChI=1S/C46H54N4O3S/c1-7-49(32-34-15-11-9-12-16-34)40-24-19-36(20-25-40)44(37-21-26-41(27-22-37)50(8-2)33-35-17-13-10-14-18-35)42-28-23-38(29-43(42)54(51,52)53)47-39-30-45(3,4)48-46(5,6)31-39/h9-29,39,48H,7-8,30-33H2,1-6H3,(H,51,52,53)/p+1. The Bertz CT molecular complexity index is 2130. The normalized spacial score (nSPS) is 16.6. The molecule has 0 spiro atoms. The number of rotatable bonds is 12. The predicted octanol–water partition coefficient (Wildman–Crippen LogP) is 9.28. The second kappa shape index (κ2) is 16.3. The quantitative estimate of drug-likeness (QED) is 0.0992. The number of nitrogens with zero attached hydrogens (tertiary/aromatic N) is 2. The number of hydrogen-bond donors (Lipinski definition) is 3. The molecule has 0 saturated carbocycles. The van der Waals surface area contributed by atoms with Crippen LogP contribution in [-0.4, -0.2) is 53.5 Å². The van der Waals surface area contributed by atoms with Crippen molar-refractivity contribution in [2.75, 3.05) is 23.3 Å². The molecule has 0 aromatic heterocycles. The van der Waals surface area contributed by atoms with Crippen LogP contribution < -0.4 is 15.5 Å². The van der Waals surface area contributed by atoms with E-state index in [1.54, 1.807) is 6.07 Å². The SMILES string of the molecule is CCN(Cc1ccccc1)c1ccc(C(=C2C=CC(=[N+](CC)Cc3ccccc3)C=C2)c2ccc(NC3CC(C)(C)NC(C)(C)C3)cc2S(=O)(=O)O)cc1. The molecular weight excluding hydrogens is 689 g/mol. The molecule has 4 aromatic rings. The van der Waals surface area contributed by atoms with Gasteiger partial charge in [-0.25, -0.2) is 4.58 Å². The highest BCUT2D eigenvalue weighted by atomic mass is 32.2. The summed E-state index contributed by atoms with van der Waals surface area (Å²) in [5, 5.41) is 7.32. The lowest BCUT2D eigenvalue weighted by Crippen LogP contribution is -2.60. The van der Waals surface area contributed by atoms with Crippen molar-refractivity contribution < 1.29 is 17.5 Å². The average molecular weight is 744 g/mol. The van der Waals surface area contributed by atoms with Crippen molar-refractivity contribution in [3.05, 3.63) is 155 Å². The molecule has 54 heavy (non-hydrogen) atoms. The van der Waals surface area contributed by atoms with Crippen molar-refractivity contribution >= 4 is 32.8 Å². The van der Waals surface area contributed by atoms with Crippen molar-refractivity contribution in [1.29, 1.82) is 0 Å². The molecular formula is C46H55N4O3S+. The van der Waals surface area contributed by atoms with Crippen LogP contribution in [0.15, 0.2) is 138 Å². The summed E-state index contributed by atoms with van der Waals surface area (Å²) in [4.78, 5) is 2.19. The number of hydrogen-bond acceptors (Lipinski definition) is 5. The zero-order valence-electron chi connectivity index (χ0n) is 32.5. The molecule has 1 heterocycles. The number of anilines is 2. The Morgan fingerprint density at radius 2 is 1.41 bits per heavy atom. The minimum Gasteiger partial charge on any atom is -0.382 e. The van der Waals surface area contributed by atoms with E-state index in [9.17, 15) is 13.0 Å². The lowest BCUT2D eigenvalue weighted by molar-refractivity contribution is -0.539. The molecule has 0 bridgehead atoms. The Hall–Kier alpha value is -4.76. The number of nitrogens with one attached hydrogen (secondary N) is 2. The van der Waals surface area contributed by atoms with E-state index >= 15 is 0 Å². The summed E-state index contributed by atoms with van der Waals surface area (Å²) < 4.78 is 39.7. The van der Waals surface area contributed by atoms with Gasteiger partial charge in [0.1, 0.15) is 11.4 Å². The summed E-state index contributed by atoms with van der Waals surface area (Å²) in [5.41, 5.74) is 7.96. The van der Waals surface area contributed by atoms with Gasteiger partial charge in [0.25, 0.3) is 10.1 Å². The fraction of sp³-hybridized carbons (Fsp3) is 0.326. The van der Waals surface area contributed by atoms with Crippen LogP contribution in [0.5, 0.6) is 0 Å². The van der Waals surface area contributed by atoms with Crippen molar-refractivity contribution in [2.45, 2.75) is 89.5 Å². The summed E-state index contributed by atoms with van der Waals surface area (Å²) in [5.74, 6) is 0. The van der Waals surface area contributed by atoms with Crippen molar-refractivity contribution in [3.63, 3.8) is 0 Å². The summed E-state index contributed by atoms with van der Waals surface area (Å²) in [6.07, 6.45) is 10.0. The highest BCUT2D eigenvalue weighted by Gasteiger charge is 2.37. The molecule has 1 saturated heterocycles. The number of allylic oxidation sites excluding steroid dienone is 5. The topological polar surface area (TPSA) is 84.7 Å². The number of piperidine rings is 1. The molecule has 6 rings (SSSR count). The van der Waals surface area contributed by atoms with Gasteiger partial charge in [0.2, 0.25) is 0 Å². The van der Waals surface area contributed by atoms with Crippen LogP contribution in [0.1, 0.15) is 76.6 Å². The van der Waals surface area contributed by atoms with Gasteiger partial charge < -0.3 is 15.5 Å². The first-order valence-corrected chi connectivity index (χ1v) is 20.5. The second-order valence-electron chi connectivity index (χ2n) is 15.8. The monoisotopic (exact) mass is 743 g/mol. The molecule has 7 nitrogen and oxygen atoms in total. The maximum atomic E-state index is 13.3. The lowest BCUT2D eigenvalue weighted by atomic mass is 9.79. The maximum Gasteiger partial charge on any atom is 0.295 e. The molecule has 0 amide bonds. The van der Waals surface area contributed by atoms with Crippen molar-refractivity contribution in [3.8, 4) is 0 Å². The highest BCUT2D eigenvalue weighted by molar-refractivity contribution is 7.86. The largest absolute Gasteiger partial charge is 0.382 e. The fourth-order valence-electron chi connectivity index (χ4n) is 8.23. The minimum atomic E-state index is -4.61. The zero-order chi connectivity index (χ0) is 38.5. The molecule has 4 aromatic carbocycles. The first-order chi connectivity index (χ1) is 25.7. The minimum absolute atomic E-state index is 0.0899. The Balaban J connectivity index is 1.42. The smallest absolute Gasteiger partial charge is 0.295 e. The van der Waals surface area contributed by atoms with Gasteiger partial charge >= 0.3 is 0 Å². The average Bonchev–Trinajstić information content (AvgIpc) is 3.13. The molecule has 8 heteroatoms. The van der Waals surface area contributed by atoms with Gasteiger partial charge in [-0.1, -0.05) is 78.9 Å². The van der Waals surface area contributed by atoms with Crippen LogP contribution in [0.3, 0.4) is 0 Å². The molecule has 1 aliphatic heterocycles. The van der Waals surface area contributed by atoms with E-state index in [4.69, 9.17) is 0 Å². The van der Waals surface area contributed by atoms with Gasteiger partial charge in [-0.2, -0.15) is 8.42 Å². The van der Waals surface area contributed by atoms with E-state index in [1.165, 1.54) is 11.1 Å². The van der Waals surface area contributed by atoms with Gasteiger partial charge in [-0.05, 0) is 113 Å². The van der Waals surface area contributed by atoms with Crippen LogP contribution in [0.2, 0.25) is 0 Å². The van der Waals surface area contributed by atoms with Crippen LogP contribution in [0, 0.1) is 0 Å². The van der Waals surface area contributed by atoms with Gasteiger partial charge in [-0.15, -0.1) is 0 Å². The summed E-state index contributed by atoms with van der Waals surface area (Å²) >= 11 is 0. The van der Waals surface area contributed by atoms with Gasteiger partial charge in [0, 0.05) is 64.9 Å². The molecule has 3 N–H and O–H groups in total. The molecule has 1 aliphatic carbocycles. The lowest BCUT2D eigenvalue weighted by Gasteiger charge is -2.47. The van der Waals surface area contributed by atoms with Crippen LogP contribution in [-0.2, 0) is 23.2 Å². The second-order valence-corrected chi connectivity index (χ2v) is 17.2. The van der Waals surface area contributed by atoms with E-state index in [2.05, 4.69) is 159 Å². The third kappa shape index (κ3) is 9.66. The van der Waals surface area contributed by atoms with Crippen LogP contribution in [0.4, 0.5) is 11.4 Å². The molecule has 2 aliphatic rings. The van der Waals surface area contributed by atoms with Crippen molar-refractivity contribution in [2.24, 2.45) is 0 Å². The Kier molecular flexibility index (Phi) is 11.8. The first kappa shape index (κ1) is 38.9. The fourth-order valence-corrected chi connectivity index (χ4v) is 8.95. The molecule has 0 unspecified atom stereocenters. The van der Waals surface area contributed by atoms with E-state index in [0.29, 0.717) is 11.3 Å². The third-order valence-electron chi connectivity index (χ3n) is 10.3. The maximum absolute atomic E-state index is 13.3. The Morgan fingerprint density at radius 3 is 1.96 bits per heavy atom. The van der Waals surface area contributed by atoms with Gasteiger partial charge in [0.15, 0.2) is 12.3 Å². The first-order valence-electron chi connectivity index (χ1n) is 19.1. The van der Waals surface area contributed by atoms with E-state index < -0.39 is 10.1 Å². The van der Waals surface area contributed by atoms with Crippen LogP contribution >= 0.6 is 0 Å². The van der Waals surface area contributed by atoms with E-state index in [-0.39, 0.29) is 22.0 Å². The van der Waals surface area contributed by atoms with Gasteiger partial charge in [-0.3, -0.25) is 4.55 Å². The van der Waals surface area contributed by atoms with Gasteiger partial charge in [0.05, 0.1) is 0 Å².